The average molecular weight is 351 g/mol. The van der Waals surface area contributed by atoms with Crippen molar-refractivity contribution in [2.45, 2.75) is 32.8 Å². The van der Waals surface area contributed by atoms with E-state index in [2.05, 4.69) is 23.6 Å². The molecule has 1 aromatic rings. The normalized spacial score (nSPS) is 15.5. The van der Waals surface area contributed by atoms with Gasteiger partial charge in [-0.1, -0.05) is 50.1 Å². The van der Waals surface area contributed by atoms with Crippen LogP contribution in [0, 0.1) is 0 Å². The Hall–Kier alpha value is -1.20. The van der Waals surface area contributed by atoms with Crippen LogP contribution in [0.2, 0.25) is 0 Å². The number of piperazine rings is 1. The molecule has 134 valence electrons. The molecular formula is C19H30N2O2S. The van der Waals surface area contributed by atoms with E-state index in [4.69, 9.17) is 4.74 Å². The summed E-state index contributed by atoms with van der Waals surface area (Å²) in [4.78, 5) is 16.4. The number of rotatable bonds is 9. The summed E-state index contributed by atoms with van der Waals surface area (Å²) in [6.07, 6.45) is 3.79. The van der Waals surface area contributed by atoms with Gasteiger partial charge in [0.15, 0.2) is 0 Å². The lowest BCUT2D eigenvalue weighted by Crippen LogP contribution is -2.49. The first-order valence-corrected chi connectivity index (χ1v) is 10.2. The van der Waals surface area contributed by atoms with Gasteiger partial charge in [0.05, 0.1) is 0 Å². The monoisotopic (exact) mass is 350 g/mol. The summed E-state index contributed by atoms with van der Waals surface area (Å²) in [5.74, 6) is 2.47. The number of carbonyl (C=O) groups is 1. The molecule has 4 nitrogen and oxygen atoms in total. The van der Waals surface area contributed by atoms with Crippen molar-refractivity contribution in [3.63, 3.8) is 0 Å². The second kappa shape index (κ2) is 11.4. The van der Waals surface area contributed by atoms with Crippen molar-refractivity contribution in [2.75, 3.05) is 44.2 Å². The fourth-order valence-corrected chi connectivity index (χ4v) is 3.71. The Morgan fingerprint density at radius 3 is 2.54 bits per heavy atom. The fourth-order valence-electron chi connectivity index (χ4n) is 2.71. The van der Waals surface area contributed by atoms with Gasteiger partial charge in [-0.3, -0.25) is 4.90 Å². The predicted molar refractivity (Wildman–Crippen MR) is 101 cm³/mol. The minimum Gasteiger partial charge on any atom is -0.445 e. The van der Waals surface area contributed by atoms with Crippen LogP contribution in [0.15, 0.2) is 30.3 Å². The van der Waals surface area contributed by atoms with Crippen LogP contribution >= 0.6 is 11.8 Å². The predicted octanol–water partition coefficient (Wildman–Crippen LogP) is 3.86. The average Bonchev–Trinajstić information content (AvgIpc) is 2.64. The first kappa shape index (κ1) is 19.1. The Morgan fingerprint density at radius 1 is 1.08 bits per heavy atom. The van der Waals surface area contributed by atoms with E-state index in [0.717, 1.165) is 38.3 Å². The van der Waals surface area contributed by atoms with Gasteiger partial charge in [0, 0.05) is 38.5 Å². The number of carbonyl (C=O) groups excluding carboxylic acids is 1. The molecule has 0 atom stereocenters. The Kier molecular flexibility index (Phi) is 9.06. The Morgan fingerprint density at radius 2 is 1.83 bits per heavy atom. The zero-order valence-electron chi connectivity index (χ0n) is 14.8. The van der Waals surface area contributed by atoms with Gasteiger partial charge in [-0.2, -0.15) is 11.8 Å². The first-order valence-electron chi connectivity index (χ1n) is 9.05. The van der Waals surface area contributed by atoms with Crippen molar-refractivity contribution in [1.29, 1.82) is 0 Å². The number of benzene rings is 1. The summed E-state index contributed by atoms with van der Waals surface area (Å²) < 4.78 is 5.40. The molecule has 0 saturated carbocycles. The molecule has 0 bridgehead atoms. The van der Waals surface area contributed by atoms with Crippen LogP contribution in [0.5, 0.6) is 0 Å². The van der Waals surface area contributed by atoms with Crippen LogP contribution < -0.4 is 0 Å². The SMILES string of the molecule is CCCCCSCCN1CCN(C(=O)OCc2ccccc2)CC1. The Bertz CT molecular complexity index is 462. The second-order valence-corrected chi connectivity index (χ2v) is 7.41. The van der Waals surface area contributed by atoms with E-state index in [0.29, 0.717) is 6.61 Å². The Labute approximate surface area is 150 Å². The highest BCUT2D eigenvalue weighted by Gasteiger charge is 2.21. The number of hydrogen-bond acceptors (Lipinski definition) is 4. The maximum absolute atomic E-state index is 12.1. The summed E-state index contributed by atoms with van der Waals surface area (Å²) in [7, 11) is 0. The number of thioether (sulfide) groups is 1. The van der Waals surface area contributed by atoms with Crippen LogP contribution in [0.25, 0.3) is 0 Å². The maximum Gasteiger partial charge on any atom is 0.410 e. The van der Waals surface area contributed by atoms with Crippen molar-refractivity contribution in [2.24, 2.45) is 0 Å². The molecular weight excluding hydrogens is 320 g/mol. The van der Waals surface area contributed by atoms with Crippen molar-refractivity contribution < 1.29 is 9.53 Å². The zero-order chi connectivity index (χ0) is 17.0. The minimum absolute atomic E-state index is 0.188. The molecule has 24 heavy (non-hydrogen) atoms. The number of ether oxygens (including phenoxy) is 1. The third-order valence-corrected chi connectivity index (χ3v) is 5.33. The smallest absolute Gasteiger partial charge is 0.410 e. The molecule has 5 heteroatoms. The molecule has 1 fully saturated rings. The molecule has 0 unspecified atom stereocenters. The molecule has 0 aromatic heterocycles. The Balaban J connectivity index is 1.56. The highest BCUT2D eigenvalue weighted by molar-refractivity contribution is 7.99. The van der Waals surface area contributed by atoms with Crippen molar-refractivity contribution in [3.05, 3.63) is 35.9 Å². The van der Waals surface area contributed by atoms with Gasteiger partial charge >= 0.3 is 6.09 Å². The van der Waals surface area contributed by atoms with Crippen LogP contribution in [0.1, 0.15) is 31.7 Å². The van der Waals surface area contributed by atoms with Gasteiger partial charge in [-0.25, -0.2) is 4.79 Å². The molecule has 0 spiro atoms. The molecule has 0 N–H and O–H groups in total. The van der Waals surface area contributed by atoms with Gasteiger partial charge in [0.1, 0.15) is 6.61 Å². The highest BCUT2D eigenvalue weighted by Crippen LogP contribution is 2.10. The minimum atomic E-state index is -0.188. The lowest BCUT2D eigenvalue weighted by Gasteiger charge is -2.34. The van der Waals surface area contributed by atoms with E-state index in [1.165, 1.54) is 30.8 Å². The molecule has 1 saturated heterocycles. The standard InChI is InChI=1S/C19H30N2O2S/c1-2-3-7-15-24-16-14-20-10-12-21(13-11-20)19(22)23-17-18-8-5-4-6-9-18/h4-6,8-9H,2-3,7,10-17H2,1H3. The lowest BCUT2D eigenvalue weighted by atomic mass is 10.2. The summed E-state index contributed by atoms with van der Waals surface area (Å²) in [5, 5.41) is 0. The molecule has 1 amide bonds. The van der Waals surface area contributed by atoms with E-state index < -0.39 is 0 Å². The molecule has 1 aromatic carbocycles. The van der Waals surface area contributed by atoms with Crippen molar-refractivity contribution in [3.8, 4) is 0 Å². The van der Waals surface area contributed by atoms with Crippen LogP contribution in [0.3, 0.4) is 0 Å². The molecule has 1 aliphatic heterocycles. The zero-order valence-corrected chi connectivity index (χ0v) is 15.6. The molecule has 1 aliphatic rings. The second-order valence-electron chi connectivity index (χ2n) is 6.19. The third kappa shape index (κ3) is 7.14. The maximum atomic E-state index is 12.1. The van der Waals surface area contributed by atoms with E-state index in [9.17, 15) is 4.79 Å². The topological polar surface area (TPSA) is 32.8 Å². The molecule has 1 heterocycles. The molecule has 0 radical (unpaired) electrons. The lowest BCUT2D eigenvalue weighted by molar-refractivity contribution is 0.0731. The van der Waals surface area contributed by atoms with Gasteiger partial charge in [0.25, 0.3) is 0 Å². The summed E-state index contributed by atoms with van der Waals surface area (Å²) in [6, 6.07) is 9.84. The molecule has 2 rings (SSSR count). The van der Waals surface area contributed by atoms with E-state index in [1.54, 1.807) is 0 Å². The summed E-state index contributed by atoms with van der Waals surface area (Å²) in [5.41, 5.74) is 1.03. The van der Waals surface area contributed by atoms with E-state index in [1.807, 2.05) is 35.2 Å². The van der Waals surface area contributed by atoms with Crippen LogP contribution in [-0.4, -0.2) is 60.1 Å². The highest BCUT2D eigenvalue weighted by atomic mass is 32.2. The van der Waals surface area contributed by atoms with Gasteiger partial charge < -0.3 is 9.64 Å². The van der Waals surface area contributed by atoms with Gasteiger partial charge in [0.2, 0.25) is 0 Å². The number of hydrogen-bond donors (Lipinski definition) is 0. The van der Waals surface area contributed by atoms with Crippen molar-refractivity contribution in [1.82, 2.24) is 9.80 Å². The van der Waals surface area contributed by atoms with Gasteiger partial charge in [-0.15, -0.1) is 0 Å². The molecule has 0 aliphatic carbocycles. The number of amides is 1. The first-order chi connectivity index (χ1) is 11.8. The number of nitrogens with zero attached hydrogens (tertiary/aromatic N) is 2. The fraction of sp³-hybridized carbons (Fsp3) is 0.632. The van der Waals surface area contributed by atoms with E-state index >= 15 is 0 Å². The van der Waals surface area contributed by atoms with Gasteiger partial charge in [-0.05, 0) is 17.7 Å². The third-order valence-electron chi connectivity index (χ3n) is 4.28. The van der Waals surface area contributed by atoms with E-state index in [-0.39, 0.29) is 6.09 Å². The van der Waals surface area contributed by atoms with Crippen LogP contribution in [-0.2, 0) is 11.3 Å². The summed E-state index contributed by atoms with van der Waals surface area (Å²) in [6.45, 7) is 7.18. The van der Waals surface area contributed by atoms with Crippen LogP contribution in [0.4, 0.5) is 4.79 Å². The largest absolute Gasteiger partial charge is 0.445 e. The van der Waals surface area contributed by atoms with Crippen molar-refractivity contribution >= 4 is 17.9 Å². The quantitative estimate of drug-likeness (QED) is 0.633. The summed E-state index contributed by atoms with van der Waals surface area (Å²) >= 11 is 2.05. The number of unbranched alkanes of at least 4 members (excludes halogenated alkanes) is 2.